The molecular formula is C17H12BrClN2O4. The molecule has 128 valence electrons. The quantitative estimate of drug-likeness (QED) is 0.693. The van der Waals surface area contributed by atoms with Crippen LogP contribution in [0.25, 0.3) is 0 Å². The van der Waals surface area contributed by atoms with Gasteiger partial charge in [-0.3, -0.25) is 0 Å². The van der Waals surface area contributed by atoms with Crippen molar-refractivity contribution in [2.45, 2.75) is 0 Å². The summed E-state index contributed by atoms with van der Waals surface area (Å²) in [4.78, 5) is 25.9. The van der Waals surface area contributed by atoms with E-state index < -0.39 is 11.9 Å². The molecule has 0 saturated carbocycles. The van der Waals surface area contributed by atoms with Gasteiger partial charge in [0.15, 0.2) is 0 Å². The summed E-state index contributed by atoms with van der Waals surface area (Å²) in [6.45, 7) is 0. The van der Waals surface area contributed by atoms with Gasteiger partial charge in [-0.2, -0.15) is 5.26 Å². The highest BCUT2D eigenvalue weighted by atomic mass is 79.9. The van der Waals surface area contributed by atoms with Crippen LogP contribution in [-0.4, -0.2) is 26.2 Å². The van der Waals surface area contributed by atoms with Crippen molar-refractivity contribution in [2.24, 2.45) is 0 Å². The Morgan fingerprint density at radius 1 is 1.20 bits per heavy atom. The molecule has 0 bridgehead atoms. The van der Waals surface area contributed by atoms with E-state index in [1.54, 1.807) is 24.3 Å². The first kappa shape index (κ1) is 18.8. The summed E-state index contributed by atoms with van der Waals surface area (Å²) in [5.74, 6) is -1.51. The molecule has 1 aromatic carbocycles. The summed E-state index contributed by atoms with van der Waals surface area (Å²) in [6.07, 6.45) is 6.09. The maximum Gasteiger partial charge on any atom is 0.355 e. The zero-order valence-corrected chi connectivity index (χ0v) is 15.6. The largest absolute Gasteiger partial charge is 0.465 e. The highest BCUT2D eigenvalue weighted by Crippen LogP contribution is 2.38. The van der Waals surface area contributed by atoms with E-state index in [4.69, 9.17) is 21.1 Å². The average molecular weight is 424 g/mol. The van der Waals surface area contributed by atoms with Crippen LogP contribution in [0, 0.1) is 11.3 Å². The number of halogens is 2. The van der Waals surface area contributed by atoms with Gasteiger partial charge in [0, 0.05) is 10.7 Å². The first-order valence-electron chi connectivity index (χ1n) is 6.89. The second-order valence-corrected chi connectivity index (χ2v) is 5.94. The minimum Gasteiger partial charge on any atom is -0.465 e. The minimum absolute atomic E-state index is 0.0284. The number of benzene rings is 1. The van der Waals surface area contributed by atoms with Crippen LogP contribution in [0.3, 0.4) is 0 Å². The van der Waals surface area contributed by atoms with Crippen LogP contribution < -0.4 is 4.90 Å². The van der Waals surface area contributed by atoms with E-state index in [9.17, 15) is 14.9 Å². The molecule has 25 heavy (non-hydrogen) atoms. The minimum atomic E-state index is -0.781. The molecule has 0 saturated heterocycles. The Labute approximate surface area is 157 Å². The summed E-state index contributed by atoms with van der Waals surface area (Å²) in [7, 11) is 2.39. The summed E-state index contributed by atoms with van der Waals surface area (Å²) in [6, 6.07) is 5.23. The lowest BCUT2D eigenvalue weighted by molar-refractivity contribution is -0.139. The van der Waals surface area contributed by atoms with Crippen molar-refractivity contribution >= 4 is 45.2 Å². The van der Waals surface area contributed by atoms with Crippen LogP contribution in [0.1, 0.15) is 5.56 Å². The van der Waals surface area contributed by atoms with Crippen LogP contribution >= 0.6 is 27.5 Å². The van der Waals surface area contributed by atoms with Crippen LogP contribution in [0.5, 0.6) is 0 Å². The van der Waals surface area contributed by atoms with Crippen molar-refractivity contribution in [1.29, 1.82) is 5.26 Å². The van der Waals surface area contributed by atoms with Gasteiger partial charge in [-0.1, -0.05) is 17.7 Å². The van der Waals surface area contributed by atoms with E-state index in [0.29, 0.717) is 4.47 Å². The summed E-state index contributed by atoms with van der Waals surface area (Å²) in [5, 5.41) is 9.72. The average Bonchev–Trinajstić information content (AvgIpc) is 2.84. The molecule has 0 fully saturated rings. The van der Waals surface area contributed by atoms with E-state index >= 15 is 0 Å². The molecule has 0 spiro atoms. The molecule has 6 nitrogen and oxygen atoms in total. The zero-order chi connectivity index (χ0) is 18.6. The van der Waals surface area contributed by atoms with Crippen molar-refractivity contribution < 1.29 is 19.1 Å². The number of methoxy groups -OCH3 is 2. The number of hydrogen-bond acceptors (Lipinski definition) is 6. The molecule has 0 N–H and O–H groups in total. The highest BCUT2D eigenvalue weighted by Gasteiger charge is 2.30. The molecule has 0 amide bonds. The Morgan fingerprint density at radius 3 is 2.48 bits per heavy atom. The fourth-order valence-corrected chi connectivity index (χ4v) is 2.88. The lowest BCUT2D eigenvalue weighted by Crippen LogP contribution is -2.27. The molecule has 0 aliphatic carbocycles. The topological polar surface area (TPSA) is 79.6 Å². The van der Waals surface area contributed by atoms with E-state index in [1.165, 1.54) is 31.4 Å². The third-order valence-electron chi connectivity index (χ3n) is 3.32. The Bertz CT molecular complexity index is 868. The van der Waals surface area contributed by atoms with Gasteiger partial charge in [0.2, 0.25) is 0 Å². The molecule has 1 aliphatic heterocycles. The molecule has 1 aliphatic rings. The van der Waals surface area contributed by atoms with Crippen LogP contribution in [0.2, 0.25) is 5.02 Å². The van der Waals surface area contributed by atoms with Gasteiger partial charge in [0.1, 0.15) is 11.8 Å². The van der Waals surface area contributed by atoms with E-state index in [2.05, 4.69) is 15.9 Å². The predicted molar refractivity (Wildman–Crippen MR) is 95.7 cm³/mol. The number of carbonyl (C=O) groups is 2. The van der Waals surface area contributed by atoms with Gasteiger partial charge < -0.3 is 14.4 Å². The molecular weight excluding hydrogens is 412 g/mol. The standard InChI is InChI=1S/C17H12BrClN2O4/c1-24-16(22)10-5-3-4-8-21(15(10)17(23)25-2)14-11(9-20)12(18)6-7-13(14)19/h3-8H,1-2H3. The van der Waals surface area contributed by atoms with Crippen LogP contribution in [0.4, 0.5) is 5.69 Å². The lowest BCUT2D eigenvalue weighted by Gasteiger charge is -2.25. The van der Waals surface area contributed by atoms with Crippen LogP contribution in [-0.2, 0) is 19.1 Å². The Kier molecular flexibility index (Phi) is 6.02. The zero-order valence-electron chi connectivity index (χ0n) is 13.2. The van der Waals surface area contributed by atoms with E-state index in [1.807, 2.05) is 6.07 Å². The number of ether oxygens (including phenoxy) is 2. The fourth-order valence-electron chi connectivity index (χ4n) is 2.22. The number of rotatable bonds is 3. The Morgan fingerprint density at radius 2 is 1.88 bits per heavy atom. The monoisotopic (exact) mass is 422 g/mol. The van der Waals surface area contributed by atoms with Crippen molar-refractivity contribution in [3.8, 4) is 6.07 Å². The maximum atomic E-state index is 12.4. The number of nitriles is 1. The Balaban J connectivity index is 2.84. The molecule has 2 rings (SSSR count). The molecule has 1 aromatic rings. The second kappa shape index (κ2) is 8.01. The summed E-state index contributed by atoms with van der Waals surface area (Å²) < 4.78 is 10.1. The van der Waals surface area contributed by atoms with Gasteiger partial charge in [-0.05, 0) is 40.2 Å². The van der Waals surface area contributed by atoms with Crippen molar-refractivity contribution in [3.05, 3.63) is 62.9 Å². The van der Waals surface area contributed by atoms with Crippen molar-refractivity contribution in [1.82, 2.24) is 0 Å². The molecule has 1 heterocycles. The number of nitrogens with zero attached hydrogens (tertiary/aromatic N) is 2. The first-order valence-corrected chi connectivity index (χ1v) is 8.06. The fraction of sp³-hybridized carbons (Fsp3) is 0.118. The highest BCUT2D eigenvalue weighted by molar-refractivity contribution is 9.10. The number of esters is 2. The molecule has 0 aromatic heterocycles. The third kappa shape index (κ3) is 3.60. The Hall–Kier alpha value is -2.56. The lowest BCUT2D eigenvalue weighted by atomic mass is 10.1. The van der Waals surface area contributed by atoms with Gasteiger partial charge in [-0.15, -0.1) is 0 Å². The SMILES string of the molecule is COC(=O)C1=C(C(=O)OC)N(c2c(Cl)ccc(Br)c2C#N)C=CC=C1. The van der Waals surface area contributed by atoms with Gasteiger partial charge in [0.05, 0.1) is 36.1 Å². The molecule has 0 unspecified atom stereocenters. The molecule has 0 radical (unpaired) electrons. The van der Waals surface area contributed by atoms with Crippen LogP contribution in [0.15, 0.2) is 52.3 Å². The van der Waals surface area contributed by atoms with Gasteiger partial charge in [-0.25, -0.2) is 9.59 Å². The maximum absolute atomic E-state index is 12.4. The number of carbonyl (C=O) groups excluding carboxylic acids is 2. The van der Waals surface area contributed by atoms with Crippen molar-refractivity contribution in [3.63, 3.8) is 0 Å². The summed E-state index contributed by atoms with van der Waals surface area (Å²) in [5.41, 5.74) is 0.292. The van der Waals surface area contributed by atoms with Crippen molar-refractivity contribution in [2.75, 3.05) is 19.1 Å². The van der Waals surface area contributed by atoms with E-state index in [-0.39, 0.29) is 27.5 Å². The first-order chi connectivity index (χ1) is 12.0. The molecule has 8 heteroatoms. The normalized spacial score (nSPS) is 13.3. The second-order valence-electron chi connectivity index (χ2n) is 4.68. The number of anilines is 1. The smallest absolute Gasteiger partial charge is 0.355 e. The molecule has 0 atom stereocenters. The van der Waals surface area contributed by atoms with E-state index in [0.717, 1.165) is 0 Å². The third-order valence-corrected chi connectivity index (χ3v) is 4.29. The number of allylic oxidation sites excluding steroid dienone is 2. The van der Waals surface area contributed by atoms with Gasteiger partial charge >= 0.3 is 11.9 Å². The predicted octanol–water partition coefficient (Wildman–Crippen LogP) is 3.46. The number of hydrogen-bond donors (Lipinski definition) is 0. The van der Waals surface area contributed by atoms with Gasteiger partial charge in [0.25, 0.3) is 0 Å². The summed E-state index contributed by atoms with van der Waals surface area (Å²) >= 11 is 9.57.